The van der Waals surface area contributed by atoms with E-state index >= 15 is 0 Å². The second-order valence-electron chi connectivity index (χ2n) is 5.48. The van der Waals surface area contributed by atoms with E-state index in [-0.39, 0.29) is 17.6 Å². The number of rotatable bonds is 4. The minimum Gasteiger partial charge on any atom is -0.326 e. The Bertz CT molecular complexity index is 661. The monoisotopic (exact) mass is 279 g/mol. The molecule has 0 spiro atoms. The third-order valence-corrected chi connectivity index (χ3v) is 3.91. The summed E-state index contributed by atoms with van der Waals surface area (Å²) in [6.07, 6.45) is 0.904. The lowest BCUT2D eigenvalue weighted by Crippen LogP contribution is -2.14. The minimum absolute atomic E-state index is 0.0270. The van der Waals surface area contributed by atoms with Crippen molar-refractivity contribution in [1.82, 2.24) is 0 Å². The molecule has 0 saturated heterocycles. The number of hydrogen-bond donors (Lipinski definition) is 1. The lowest BCUT2D eigenvalue weighted by atomic mass is 10.1. The summed E-state index contributed by atoms with van der Waals surface area (Å²) in [5, 5.41) is 2.92. The molecule has 1 aliphatic carbocycles. The van der Waals surface area contributed by atoms with Gasteiger partial charge in [-0.05, 0) is 49.1 Å². The summed E-state index contributed by atoms with van der Waals surface area (Å²) in [4.78, 5) is 23.4. The van der Waals surface area contributed by atoms with Crippen LogP contribution in [0, 0.1) is 5.92 Å². The van der Waals surface area contributed by atoms with E-state index in [4.69, 9.17) is 0 Å². The van der Waals surface area contributed by atoms with E-state index in [9.17, 15) is 9.59 Å². The van der Waals surface area contributed by atoms with Gasteiger partial charge in [0.15, 0.2) is 5.78 Å². The van der Waals surface area contributed by atoms with Gasteiger partial charge in [-0.1, -0.05) is 30.3 Å². The molecule has 21 heavy (non-hydrogen) atoms. The smallest absolute Gasteiger partial charge is 0.228 e. The maximum absolute atomic E-state index is 12.2. The number of carbonyl (C=O) groups excluding carboxylic acids is 2. The molecule has 0 bridgehead atoms. The van der Waals surface area contributed by atoms with Gasteiger partial charge in [-0.2, -0.15) is 0 Å². The molecule has 0 radical (unpaired) electrons. The summed E-state index contributed by atoms with van der Waals surface area (Å²) in [6.45, 7) is 1.53. The molecule has 0 aromatic heterocycles. The average molecular weight is 279 g/mol. The number of ketones is 1. The molecule has 0 unspecified atom stereocenters. The Hall–Kier alpha value is -2.42. The number of hydrogen-bond acceptors (Lipinski definition) is 2. The van der Waals surface area contributed by atoms with Crippen molar-refractivity contribution in [1.29, 1.82) is 0 Å². The number of carbonyl (C=O) groups is 2. The zero-order chi connectivity index (χ0) is 14.8. The van der Waals surface area contributed by atoms with Crippen LogP contribution in [0.1, 0.15) is 35.2 Å². The molecule has 3 rings (SSSR count). The normalized spacial score (nSPS) is 19.9. The van der Waals surface area contributed by atoms with Gasteiger partial charge in [0.1, 0.15) is 0 Å². The summed E-state index contributed by atoms with van der Waals surface area (Å²) in [7, 11) is 0. The van der Waals surface area contributed by atoms with Crippen molar-refractivity contribution in [2.75, 3.05) is 5.32 Å². The van der Waals surface area contributed by atoms with Gasteiger partial charge in [0.25, 0.3) is 0 Å². The van der Waals surface area contributed by atoms with Crippen LogP contribution in [-0.2, 0) is 4.79 Å². The highest BCUT2D eigenvalue weighted by Gasteiger charge is 2.43. The van der Waals surface area contributed by atoms with Gasteiger partial charge in [0.2, 0.25) is 5.91 Å². The van der Waals surface area contributed by atoms with Crippen LogP contribution in [-0.4, -0.2) is 11.7 Å². The third kappa shape index (κ3) is 3.02. The van der Waals surface area contributed by atoms with Crippen LogP contribution < -0.4 is 5.32 Å². The molecule has 1 aliphatic rings. The first-order valence-corrected chi connectivity index (χ1v) is 7.12. The van der Waals surface area contributed by atoms with Crippen LogP contribution in [0.4, 0.5) is 5.69 Å². The number of benzene rings is 2. The summed E-state index contributed by atoms with van der Waals surface area (Å²) >= 11 is 0. The second kappa shape index (κ2) is 5.52. The maximum atomic E-state index is 12.2. The van der Waals surface area contributed by atoms with Crippen molar-refractivity contribution in [3.63, 3.8) is 0 Å². The van der Waals surface area contributed by atoms with Crippen molar-refractivity contribution < 1.29 is 9.59 Å². The van der Waals surface area contributed by atoms with E-state index in [0.717, 1.165) is 12.1 Å². The number of Topliss-reactive ketones (excluding diaryl/α,β-unsaturated/α-hetero) is 1. The Morgan fingerprint density at radius 1 is 1.00 bits per heavy atom. The summed E-state index contributed by atoms with van der Waals surface area (Å²) in [5.74, 6) is 0.473. The van der Waals surface area contributed by atoms with Crippen molar-refractivity contribution >= 4 is 17.4 Å². The molecule has 2 aromatic carbocycles. The Labute approximate surface area is 124 Å². The first kappa shape index (κ1) is 13.6. The van der Waals surface area contributed by atoms with Crippen LogP contribution >= 0.6 is 0 Å². The van der Waals surface area contributed by atoms with Gasteiger partial charge in [-0.15, -0.1) is 0 Å². The molecule has 1 saturated carbocycles. The van der Waals surface area contributed by atoms with E-state index in [2.05, 4.69) is 17.4 Å². The topological polar surface area (TPSA) is 46.2 Å². The molecule has 1 amide bonds. The average Bonchev–Trinajstić information content (AvgIpc) is 3.29. The lowest BCUT2D eigenvalue weighted by molar-refractivity contribution is -0.117. The van der Waals surface area contributed by atoms with Gasteiger partial charge in [-0.3, -0.25) is 9.59 Å². The molecule has 106 valence electrons. The van der Waals surface area contributed by atoms with E-state index < -0.39 is 0 Å². The van der Waals surface area contributed by atoms with E-state index in [1.165, 1.54) is 12.5 Å². The summed E-state index contributed by atoms with van der Waals surface area (Å²) in [6, 6.07) is 17.1. The zero-order valence-corrected chi connectivity index (χ0v) is 11.9. The Kier molecular flexibility index (Phi) is 3.57. The van der Waals surface area contributed by atoms with Crippen LogP contribution in [0.3, 0.4) is 0 Å². The van der Waals surface area contributed by atoms with Gasteiger partial charge in [-0.25, -0.2) is 0 Å². The van der Waals surface area contributed by atoms with Gasteiger partial charge < -0.3 is 5.32 Å². The van der Waals surface area contributed by atoms with Crippen LogP contribution in [0.25, 0.3) is 0 Å². The molecule has 1 fully saturated rings. The van der Waals surface area contributed by atoms with E-state index in [0.29, 0.717) is 11.5 Å². The SMILES string of the molecule is CC(=O)c1ccc(NC(=O)[C@@H]2C[C@@H]2c2ccccc2)cc1. The van der Waals surface area contributed by atoms with Crippen molar-refractivity contribution in [2.24, 2.45) is 5.92 Å². The van der Waals surface area contributed by atoms with Crippen molar-refractivity contribution in [2.45, 2.75) is 19.3 Å². The first-order valence-electron chi connectivity index (χ1n) is 7.12. The standard InChI is InChI=1S/C18H17NO2/c1-12(20)13-7-9-15(10-8-13)19-18(21)17-11-16(17)14-5-3-2-4-6-14/h2-10,16-17H,11H2,1H3,(H,19,21)/t16-,17-/m1/s1. The van der Waals surface area contributed by atoms with Crippen LogP contribution in [0.5, 0.6) is 0 Å². The predicted octanol–water partition coefficient (Wildman–Crippen LogP) is 3.63. The number of anilines is 1. The van der Waals surface area contributed by atoms with Gasteiger partial charge in [0, 0.05) is 17.2 Å². The lowest BCUT2D eigenvalue weighted by Gasteiger charge is -2.05. The van der Waals surface area contributed by atoms with Crippen molar-refractivity contribution in [3.05, 3.63) is 65.7 Å². The molecule has 2 atom stereocenters. The quantitative estimate of drug-likeness (QED) is 0.869. The summed E-state index contributed by atoms with van der Waals surface area (Å²) < 4.78 is 0. The largest absolute Gasteiger partial charge is 0.326 e. The molecule has 3 heteroatoms. The molecular weight excluding hydrogens is 262 g/mol. The zero-order valence-electron chi connectivity index (χ0n) is 11.9. The van der Waals surface area contributed by atoms with Crippen LogP contribution in [0.2, 0.25) is 0 Å². The Balaban J connectivity index is 1.62. The Morgan fingerprint density at radius 3 is 2.29 bits per heavy atom. The van der Waals surface area contributed by atoms with Gasteiger partial charge >= 0.3 is 0 Å². The van der Waals surface area contributed by atoms with Crippen molar-refractivity contribution in [3.8, 4) is 0 Å². The molecule has 3 nitrogen and oxygen atoms in total. The highest BCUT2D eigenvalue weighted by molar-refractivity contribution is 5.97. The number of amides is 1. The second-order valence-corrected chi connectivity index (χ2v) is 5.48. The first-order chi connectivity index (χ1) is 10.1. The van der Waals surface area contributed by atoms with Gasteiger partial charge in [0.05, 0.1) is 0 Å². The molecule has 0 aliphatic heterocycles. The summed E-state index contributed by atoms with van der Waals surface area (Å²) in [5.41, 5.74) is 2.62. The Morgan fingerprint density at radius 2 is 1.67 bits per heavy atom. The number of nitrogens with one attached hydrogen (secondary N) is 1. The minimum atomic E-state index is 0.0270. The fourth-order valence-corrected chi connectivity index (χ4v) is 2.58. The third-order valence-electron chi connectivity index (χ3n) is 3.91. The molecular formula is C18H17NO2. The fraction of sp³-hybridized carbons (Fsp3) is 0.222. The van der Waals surface area contributed by atoms with E-state index in [1.54, 1.807) is 24.3 Å². The van der Waals surface area contributed by atoms with E-state index in [1.807, 2.05) is 18.2 Å². The molecule has 1 N–H and O–H groups in total. The fourth-order valence-electron chi connectivity index (χ4n) is 2.58. The predicted molar refractivity (Wildman–Crippen MR) is 82.4 cm³/mol. The molecule has 0 heterocycles. The highest BCUT2D eigenvalue weighted by atomic mass is 16.2. The van der Waals surface area contributed by atoms with Crippen LogP contribution in [0.15, 0.2) is 54.6 Å². The highest BCUT2D eigenvalue weighted by Crippen LogP contribution is 2.47. The maximum Gasteiger partial charge on any atom is 0.228 e. The molecule has 2 aromatic rings.